The summed E-state index contributed by atoms with van der Waals surface area (Å²) in [5.41, 5.74) is 1.98. The quantitative estimate of drug-likeness (QED) is 0.935. The summed E-state index contributed by atoms with van der Waals surface area (Å²) in [5.74, 6) is 1.11. The number of aliphatic hydroxyl groups is 1. The summed E-state index contributed by atoms with van der Waals surface area (Å²) >= 11 is 0. The molecule has 0 spiro atoms. The molecule has 24 heavy (non-hydrogen) atoms. The summed E-state index contributed by atoms with van der Waals surface area (Å²) < 4.78 is 11.2. The Morgan fingerprint density at radius 2 is 2.08 bits per heavy atom. The lowest BCUT2D eigenvalue weighted by molar-refractivity contribution is -0.0543. The molecule has 2 heterocycles. The lowest BCUT2D eigenvalue weighted by Crippen LogP contribution is -2.50. The standard InChI is InChI=1S/C19H24N2O3/c22-18-8-4-7-16(18)17-13-23-10-9-21(17)12-15-11-19(24-20-15)14-5-2-1-3-6-14/h1-3,5-6,11,16-18,22H,4,7-10,12-13H2/t16-,17-,18-/m1/s1. The molecule has 1 N–H and O–H groups in total. The molecular formula is C19H24N2O3. The first-order chi connectivity index (χ1) is 11.8. The van der Waals surface area contributed by atoms with Crippen molar-refractivity contribution in [1.82, 2.24) is 10.1 Å². The van der Waals surface area contributed by atoms with Crippen LogP contribution in [0.5, 0.6) is 0 Å². The fourth-order valence-electron chi connectivity index (χ4n) is 4.00. The third-order valence-corrected chi connectivity index (χ3v) is 5.29. The predicted octanol–water partition coefficient (Wildman–Crippen LogP) is 2.70. The van der Waals surface area contributed by atoms with Gasteiger partial charge in [0.15, 0.2) is 5.76 Å². The minimum Gasteiger partial charge on any atom is -0.393 e. The Balaban J connectivity index is 1.48. The van der Waals surface area contributed by atoms with Crippen LogP contribution < -0.4 is 0 Å². The maximum absolute atomic E-state index is 10.3. The molecule has 1 aliphatic heterocycles. The zero-order valence-corrected chi connectivity index (χ0v) is 13.8. The molecule has 128 valence electrons. The maximum Gasteiger partial charge on any atom is 0.167 e. The van der Waals surface area contributed by atoms with E-state index in [1.165, 1.54) is 0 Å². The Morgan fingerprint density at radius 1 is 1.21 bits per heavy atom. The van der Waals surface area contributed by atoms with Crippen LogP contribution >= 0.6 is 0 Å². The van der Waals surface area contributed by atoms with Crippen LogP contribution in [-0.2, 0) is 11.3 Å². The van der Waals surface area contributed by atoms with Gasteiger partial charge in [-0.1, -0.05) is 41.9 Å². The van der Waals surface area contributed by atoms with Crippen molar-refractivity contribution in [3.05, 3.63) is 42.1 Å². The van der Waals surface area contributed by atoms with Crippen molar-refractivity contribution in [3.63, 3.8) is 0 Å². The molecule has 0 unspecified atom stereocenters. The first-order valence-electron chi connectivity index (χ1n) is 8.82. The Bertz CT molecular complexity index is 658. The van der Waals surface area contributed by atoms with Gasteiger partial charge in [-0.2, -0.15) is 0 Å². The van der Waals surface area contributed by atoms with Crippen LogP contribution in [0.15, 0.2) is 40.9 Å². The van der Waals surface area contributed by atoms with Gasteiger partial charge < -0.3 is 14.4 Å². The Labute approximate surface area is 142 Å². The Kier molecular flexibility index (Phi) is 4.65. The van der Waals surface area contributed by atoms with E-state index in [1.807, 2.05) is 36.4 Å². The van der Waals surface area contributed by atoms with Crippen LogP contribution in [0.3, 0.4) is 0 Å². The van der Waals surface area contributed by atoms with Crippen LogP contribution in [0.1, 0.15) is 25.0 Å². The first kappa shape index (κ1) is 15.8. The summed E-state index contributed by atoms with van der Waals surface area (Å²) in [6.45, 7) is 3.06. The monoisotopic (exact) mass is 328 g/mol. The Hall–Kier alpha value is -1.69. The lowest BCUT2D eigenvalue weighted by atomic mass is 9.94. The maximum atomic E-state index is 10.3. The van der Waals surface area contributed by atoms with Crippen LogP contribution in [0, 0.1) is 5.92 Å². The number of hydrogen-bond acceptors (Lipinski definition) is 5. The molecule has 2 aromatic rings. The highest BCUT2D eigenvalue weighted by Gasteiger charge is 2.37. The van der Waals surface area contributed by atoms with Gasteiger partial charge in [0.1, 0.15) is 0 Å². The topological polar surface area (TPSA) is 58.7 Å². The largest absolute Gasteiger partial charge is 0.393 e. The van der Waals surface area contributed by atoms with Gasteiger partial charge in [0, 0.05) is 36.7 Å². The average Bonchev–Trinajstić information content (AvgIpc) is 3.25. The van der Waals surface area contributed by atoms with Crippen LogP contribution in [0.2, 0.25) is 0 Å². The van der Waals surface area contributed by atoms with E-state index in [2.05, 4.69) is 10.1 Å². The average molecular weight is 328 g/mol. The van der Waals surface area contributed by atoms with Crippen molar-refractivity contribution >= 4 is 0 Å². The molecule has 2 aliphatic rings. The van der Waals surface area contributed by atoms with Crippen molar-refractivity contribution < 1.29 is 14.4 Å². The molecule has 5 nitrogen and oxygen atoms in total. The van der Waals surface area contributed by atoms with Gasteiger partial charge >= 0.3 is 0 Å². The number of ether oxygens (including phenoxy) is 1. The summed E-state index contributed by atoms with van der Waals surface area (Å²) in [5, 5.41) is 14.5. The SMILES string of the molecule is O[C@@H]1CCC[C@@H]1[C@H]1COCCN1Cc1cc(-c2ccccc2)on1. The molecule has 5 heteroatoms. The molecule has 4 rings (SSSR count). The molecule has 0 amide bonds. The van der Waals surface area contributed by atoms with Gasteiger partial charge in [-0.15, -0.1) is 0 Å². The van der Waals surface area contributed by atoms with Crippen LogP contribution in [0.25, 0.3) is 11.3 Å². The molecule has 1 aliphatic carbocycles. The zero-order valence-electron chi connectivity index (χ0n) is 13.8. The highest BCUT2D eigenvalue weighted by atomic mass is 16.5. The van der Waals surface area contributed by atoms with Gasteiger partial charge in [0.05, 0.1) is 25.0 Å². The number of morpholine rings is 1. The van der Waals surface area contributed by atoms with Gasteiger partial charge in [0.25, 0.3) is 0 Å². The molecule has 1 saturated heterocycles. The third kappa shape index (κ3) is 3.24. The number of rotatable bonds is 4. The van der Waals surface area contributed by atoms with E-state index in [1.54, 1.807) is 0 Å². The number of hydrogen-bond donors (Lipinski definition) is 1. The van der Waals surface area contributed by atoms with E-state index in [-0.39, 0.29) is 12.1 Å². The molecule has 1 aromatic heterocycles. The molecule has 3 atom stereocenters. The van der Waals surface area contributed by atoms with Crippen molar-refractivity contribution in [3.8, 4) is 11.3 Å². The highest BCUT2D eigenvalue weighted by Crippen LogP contribution is 2.33. The Morgan fingerprint density at radius 3 is 2.88 bits per heavy atom. The predicted molar refractivity (Wildman–Crippen MR) is 90.3 cm³/mol. The first-order valence-corrected chi connectivity index (χ1v) is 8.82. The van der Waals surface area contributed by atoms with E-state index < -0.39 is 0 Å². The van der Waals surface area contributed by atoms with Crippen molar-refractivity contribution in [1.29, 1.82) is 0 Å². The van der Waals surface area contributed by atoms with Crippen LogP contribution in [0.4, 0.5) is 0 Å². The number of aromatic nitrogens is 1. The molecule has 0 bridgehead atoms. The minimum absolute atomic E-state index is 0.198. The minimum atomic E-state index is -0.198. The second-order valence-electron chi connectivity index (χ2n) is 6.82. The van der Waals surface area contributed by atoms with Crippen molar-refractivity contribution in [2.24, 2.45) is 5.92 Å². The van der Waals surface area contributed by atoms with Crippen LogP contribution in [-0.4, -0.2) is 47.1 Å². The summed E-state index contributed by atoms with van der Waals surface area (Å²) in [6.07, 6.45) is 2.91. The second-order valence-corrected chi connectivity index (χ2v) is 6.82. The number of nitrogens with zero attached hydrogens (tertiary/aromatic N) is 2. The smallest absolute Gasteiger partial charge is 0.167 e. The van der Waals surface area contributed by atoms with Crippen molar-refractivity contribution in [2.45, 2.75) is 38.0 Å². The second kappa shape index (κ2) is 7.05. The highest BCUT2D eigenvalue weighted by molar-refractivity contribution is 5.56. The summed E-state index contributed by atoms with van der Waals surface area (Å²) in [4.78, 5) is 2.40. The normalized spacial score (nSPS) is 28.3. The fourth-order valence-corrected chi connectivity index (χ4v) is 4.00. The van der Waals surface area contributed by atoms with Gasteiger partial charge in [-0.05, 0) is 12.8 Å². The van der Waals surface area contributed by atoms with E-state index in [9.17, 15) is 5.11 Å². The fraction of sp³-hybridized carbons (Fsp3) is 0.526. The zero-order chi connectivity index (χ0) is 16.4. The number of aliphatic hydroxyl groups excluding tert-OH is 1. The molecule has 1 saturated carbocycles. The molecule has 2 fully saturated rings. The van der Waals surface area contributed by atoms with E-state index in [4.69, 9.17) is 9.26 Å². The van der Waals surface area contributed by atoms with Gasteiger partial charge in [0.2, 0.25) is 0 Å². The van der Waals surface area contributed by atoms with Crippen molar-refractivity contribution in [2.75, 3.05) is 19.8 Å². The third-order valence-electron chi connectivity index (χ3n) is 5.29. The summed E-state index contributed by atoms with van der Waals surface area (Å²) in [7, 11) is 0. The molecule has 0 radical (unpaired) electrons. The van der Waals surface area contributed by atoms with E-state index >= 15 is 0 Å². The summed E-state index contributed by atoms with van der Waals surface area (Å²) in [6, 6.07) is 12.3. The molecular weight excluding hydrogens is 304 g/mol. The van der Waals surface area contributed by atoms with Gasteiger partial charge in [-0.25, -0.2) is 0 Å². The van der Waals surface area contributed by atoms with E-state index in [0.29, 0.717) is 12.5 Å². The number of benzene rings is 1. The van der Waals surface area contributed by atoms with E-state index in [0.717, 1.165) is 56.0 Å². The molecule has 1 aromatic carbocycles. The van der Waals surface area contributed by atoms with Gasteiger partial charge in [-0.3, -0.25) is 4.90 Å². The lowest BCUT2D eigenvalue weighted by Gasteiger charge is -2.39.